The summed E-state index contributed by atoms with van der Waals surface area (Å²) in [7, 11) is 0.325. The maximum atomic E-state index is 13.4. The largest absolute Gasteiger partial charge is 0.477 e. The van der Waals surface area contributed by atoms with E-state index in [1.165, 1.54) is 11.0 Å². The predicted octanol–water partition coefficient (Wildman–Crippen LogP) is 3.58. The highest BCUT2D eigenvalue weighted by molar-refractivity contribution is 6.48. The highest BCUT2D eigenvalue weighted by atomic mass is 28.3. The molecule has 0 saturated carbocycles. The Morgan fingerprint density at radius 3 is 2.51 bits per heavy atom. The Labute approximate surface area is 221 Å². The van der Waals surface area contributed by atoms with Gasteiger partial charge in [-0.25, -0.2) is 9.59 Å². The molecular formula is C27H42N2O7Si. The van der Waals surface area contributed by atoms with Gasteiger partial charge in [-0.05, 0) is 55.3 Å². The van der Waals surface area contributed by atoms with Gasteiger partial charge in [0.05, 0.1) is 30.7 Å². The van der Waals surface area contributed by atoms with Crippen molar-refractivity contribution < 1.29 is 33.4 Å². The number of hydrogen-bond acceptors (Lipinski definition) is 6. The average Bonchev–Trinajstić information content (AvgIpc) is 3.38. The molecule has 206 valence electrons. The first-order chi connectivity index (χ1) is 17.3. The van der Waals surface area contributed by atoms with Crippen LogP contribution in [0.25, 0.3) is 0 Å². The fourth-order valence-corrected chi connectivity index (χ4v) is 6.28. The first kappa shape index (κ1) is 29.1. The van der Waals surface area contributed by atoms with Crippen molar-refractivity contribution in [1.29, 1.82) is 0 Å². The lowest BCUT2D eigenvalue weighted by Gasteiger charge is -2.50. The zero-order chi connectivity index (χ0) is 27.7. The van der Waals surface area contributed by atoms with Gasteiger partial charge in [-0.1, -0.05) is 39.5 Å². The van der Waals surface area contributed by atoms with Gasteiger partial charge in [0.15, 0.2) is 9.04 Å². The zero-order valence-electron chi connectivity index (χ0n) is 23.2. The van der Waals surface area contributed by atoms with Crippen molar-refractivity contribution in [2.75, 3.05) is 26.9 Å². The number of carboxylic acid groups (broad SMARTS) is 1. The van der Waals surface area contributed by atoms with E-state index >= 15 is 0 Å². The number of methoxy groups -OCH3 is 1. The molecule has 3 aliphatic rings. The number of likely N-dealkylation sites (tertiary alicyclic amines) is 1. The van der Waals surface area contributed by atoms with Gasteiger partial charge >= 0.3 is 12.1 Å². The van der Waals surface area contributed by atoms with Gasteiger partial charge in [0.25, 0.3) is 0 Å². The number of carbonyl (C=O) groups excluding carboxylic acids is 2. The van der Waals surface area contributed by atoms with Crippen molar-refractivity contribution in [3.8, 4) is 0 Å². The Morgan fingerprint density at radius 2 is 1.97 bits per heavy atom. The van der Waals surface area contributed by atoms with E-state index in [0.717, 1.165) is 5.57 Å². The van der Waals surface area contributed by atoms with Gasteiger partial charge in [-0.15, -0.1) is 0 Å². The second-order valence-corrected chi connectivity index (χ2v) is 14.0. The molecule has 0 bridgehead atoms. The van der Waals surface area contributed by atoms with Crippen LogP contribution in [-0.2, 0) is 23.5 Å². The molecule has 0 aromatic rings. The van der Waals surface area contributed by atoms with E-state index in [1.54, 1.807) is 12.0 Å². The van der Waals surface area contributed by atoms with Crippen molar-refractivity contribution in [2.45, 2.75) is 71.8 Å². The van der Waals surface area contributed by atoms with E-state index in [1.807, 2.05) is 13.0 Å². The Bertz CT molecular complexity index is 984. The number of amides is 2. The summed E-state index contributed by atoms with van der Waals surface area (Å²) in [5.74, 6) is -1.56. The van der Waals surface area contributed by atoms with Gasteiger partial charge in [-0.2, -0.15) is 0 Å². The molecule has 1 N–H and O–H groups in total. The van der Waals surface area contributed by atoms with Crippen molar-refractivity contribution in [1.82, 2.24) is 9.80 Å². The number of carboxylic acids is 1. The van der Waals surface area contributed by atoms with Crippen LogP contribution >= 0.6 is 0 Å². The van der Waals surface area contributed by atoms with Gasteiger partial charge in [0.1, 0.15) is 12.3 Å². The molecule has 2 saturated heterocycles. The minimum atomic E-state index is -1.28. The van der Waals surface area contributed by atoms with E-state index in [2.05, 4.69) is 40.4 Å². The molecule has 0 aromatic heterocycles. The zero-order valence-corrected chi connectivity index (χ0v) is 24.3. The van der Waals surface area contributed by atoms with E-state index in [-0.39, 0.29) is 53.6 Å². The highest BCUT2D eigenvalue weighted by Crippen LogP contribution is 2.50. The number of rotatable bonds is 10. The number of nitrogens with zero attached hydrogens (tertiary/aromatic N) is 2. The topological polar surface area (TPSA) is 106 Å². The van der Waals surface area contributed by atoms with Crippen LogP contribution in [0.5, 0.6) is 0 Å². The van der Waals surface area contributed by atoms with E-state index in [0.29, 0.717) is 31.6 Å². The molecule has 10 heteroatoms. The van der Waals surface area contributed by atoms with Crippen LogP contribution in [0.1, 0.15) is 40.5 Å². The Kier molecular flexibility index (Phi) is 9.08. The smallest absolute Gasteiger partial charge is 0.410 e. The van der Waals surface area contributed by atoms with Crippen LogP contribution in [0.4, 0.5) is 4.79 Å². The molecule has 3 rings (SSSR count). The fourth-order valence-electron chi connectivity index (χ4n) is 5.69. The third kappa shape index (κ3) is 6.02. The van der Waals surface area contributed by atoms with Crippen LogP contribution in [-0.4, -0.2) is 87.0 Å². The van der Waals surface area contributed by atoms with Crippen molar-refractivity contribution >= 4 is 27.0 Å². The molecular weight excluding hydrogens is 492 g/mol. The Balaban J connectivity index is 1.88. The number of fused-ring (bicyclic) bond motifs is 1. The summed E-state index contributed by atoms with van der Waals surface area (Å²) in [6.07, 6.45) is 3.85. The lowest BCUT2D eigenvalue weighted by molar-refractivity contribution is -0.162. The summed E-state index contributed by atoms with van der Waals surface area (Å²) in [4.78, 5) is 41.5. The summed E-state index contributed by atoms with van der Waals surface area (Å²) in [5, 5.41) is 10.1. The van der Waals surface area contributed by atoms with Crippen LogP contribution < -0.4 is 0 Å². The van der Waals surface area contributed by atoms with Crippen LogP contribution in [0.15, 0.2) is 35.6 Å². The van der Waals surface area contributed by atoms with E-state index in [9.17, 15) is 19.5 Å². The normalized spacial score (nSPS) is 26.9. The molecule has 0 unspecified atom stereocenters. The molecule has 0 aliphatic carbocycles. The summed E-state index contributed by atoms with van der Waals surface area (Å²) in [5.41, 5.74) is 1.27. The molecule has 0 radical (unpaired) electrons. The van der Waals surface area contributed by atoms with Crippen molar-refractivity contribution in [3.63, 3.8) is 0 Å². The third-order valence-corrected chi connectivity index (χ3v) is 8.54. The quantitative estimate of drug-likeness (QED) is 0.259. The van der Waals surface area contributed by atoms with Crippen LogP contribution in [0.3, 0.4) is 0 Å². The first-order valence-corrected chi connectivity index (χ1v) is 15.8. The molecule has 0 aromatic carbocycles. The van der Waals surface area contributed by atoms with Gasteiger partial charge < -0.3 is 23.9 Å². The Morgan fingerprint density at radius 1 is 1.30 bits per heavy atom. The molecule has 9 nitrogen and oxygen atoms in total. The van der Waals surface area contributed by atoms with Gasteiger partial charge in [0.2, 0.25) is 5.91 Å². The second-order valence-electron chi connectivity index (χ2n) is 11.5. The standard InChI is InChI=1S/C27H42N2O7Si/c1-9-10-35-26(33)28-14-18(34-6)12-17(28)11-16(2)19-13-21-22(24(30)29(21)23(19)25(31)32)20(27(3,4)5)15-36-37(7)8/h9,11,17-18,20-22,37H,1,10,12-15H2,2-8H3,(H,31,32)/t17-,18-,20-,21-,22+/m1/s1. The molecule has 2 fully saturated rings. The summed E-state index contributed by atoms with van der Waals surface area (Å²) < 4.78 is 16.8. The SMILES string of the molecule is C=CCOC(=O)N1C[C@H](OC)C[C@H]1C=C(C)C1=C(C(=O)O)N2C(=O)[C@@H]([C@@H](CO[SiH](C)C)C(C)(C)C)[C@H]2C1. The van der Waals surface area contributed by atoms with Crippen LogP contribution in [0, 0.1) is 17.3 Å². The number of carbonyl (C=O) groups is 3. The number of β-lactam (4-membered cyclic amide) rings is 1. The minimum absolute atomic E-state index is 0.0118. The van der Waals surface area contributed by atoms with E-state index in [4.69, 9.17) is 13.9 Å². The number of aliphatic carboxylic acids is 1. The van der Waals surface area contributed by atoms with Crippen molar-refractivity contribution in [3.05, 3.63) is 35.6 Å². The third-order valence-electron chi connectivity index (χ3n) is 7.68. The maximum absolute atomic E-state index is 13.4. The molecule has 2 amide bonds. The fraction of sp³-hybridized carbons (Fsp3) is 0.667. The predicted molar refractivity (Wildman–Crippen MR) is 142 cm³/mol. The molecule has 3 heterocycles. The van der Waals surface area contributed by atoms with Crippen molar-refractivity contribution in [2.24, 2.45) is 17.3 Å². The molecule has 0 spiro atoms. The van der Waals surface area contributed by atoms with Gasteiger partial charge in [0, 0.05) is 13.7 Å². The van der Waals surface area contributed by atoms with Gasteiger partial charge in [-0.3, -0.25) is 9.69 Å². The summed E-state index contributed by atoms with van der Waals surface area (Å²) in [6, 6.07) is -0.515. The lowest BCUT2D eigenvalue weighted by atomic mass is 9.66. The minimum Gasteiger partial charge on any atom is -0.477 e. The number of ether oxygens (including phenoxy) is 2. The number of allylic oxidation sites excluding steroid dienone is 1. The summed E-state index contributed by atoms with van der Waals surface area (Å²) in [6.45, 7) is 17.0. The Hall–Kier alpha value is -2.43. The second kappa shape index (κ2) is 11.5. The molecule has 37 heavy (non-hydrogen) atoms. The monoisotopic (exact) mass is 534 g/mol. The lowest BCUT2D eigenvalue weighted by Crippen LogP contribution is -2.63. The average molecular weight is 535 g/mol. The molecule has 5 atom stereocenters. The number of hydrogen-bond donors (Lipinski definition) is 1. The molecule has 3 aliphatic heterocycles. The first-order valence-electron chi connectivity index (χ1n) is 13.0. The highest BCUT2D eigenvalue weighted by Gasteiger charge is 2.59. The van der Waals surface area contributed by atoms with Crippen LogP contribution in [0.2, 0.25) is 13.1 Å². The summed E-state index contributed by atoms with van der Waals surface area (Å²) >= 11 is 0. The maximum Gasteiger partial charge on any atom is 0.410 e. The van der Waals surface area contributed by atoms with E-state index < -0.39 is 21.1 Å².